The van der Waals surface area contributed by atoms with Crippen LogP contribution in [0.2, 0.25) is 0 Å². The van der Waals surface area contributed by atoms with E-state index >= 15 is 0 Å². The standard InChI is InChI=1S/C15H26O3/c1-10-7-6-8-12(9-10)13(16)11(2)14(17)18-15(3,4)5/h10-12H,6-9H2,1-5H3. The van der Waals surface area contributed by atoms with Gasteiger partial charge in [0.15, 0.2) is 0 Å². The number of hydrogen-bond donors (Lipinski definition) is 0. The quantitative estimate of drug-likeness (QED) is 0.573. The van der Waals surface area contributed by atoms with Crippen LogP contribution in [0.15, 0.2) is 0 Å². The number of Topliss-reactive ketones (excluding diaryl/α,β-unsaturated/α-hetero) is 1. The Morgan fingerprint density at radius 3 is 2.33 bits per heavy atom. The van der Waals surface area contributed by atoms with Gasteiger partial charge in [0.1, 0.15) is 17.3 Å². The fourth-order valence-electron chi connectivity index (χ4n) is 2.55. The maximum Gasteiger partial charge on any atom is 0.316 e. The van der Waals surface area contributed by atoms with E-state index in [9.17, 15) is 9.59 Å². The van der Waals surface area contributed by atoms with E-state index in [2.05, 4.69) is 6.92 Å². The average Bonchev–Trinajstić information content (AvgIpc) is 2.24. The van der Waals surface area contributed by atoms with E-state index in [-0.39, 0.29) is 17.7 Å². The van der Waals surface area contributed by atoms with E-state index in [1.165, 1.54) is 6.42 Å². The zero-order valence-electron chi connectivity index (χ0n) is 12.3. The molecular formula is C15H26O3. The van der Waals surface area contributed by atoms with Crippen LogP contribution < -0.4 is 0 Å². The van der Waals surface area contributed by atoms with Gasteiger partial charge in [0, 0.05) is 5.92 Å². The topological polar surface area (TPSA) is 43.4 Å². The zero-order chi connectivity index (χ0) is 13.9. The maximum atomic E-state index is 12.3. The molecule has 1 saturated carbocycles. The number of ether oxygens (including phenoxy) is 1. The fraction of sp³-hybridized carbons (Fsp3) is 0.867. The highest BCUT2D eigenvalue weighted by molar-refractivity contribution is 5.99. The van der Waals surface area contributed by atoms with Crippen LogP contribution in [0.4, 0.5) is 0 Å². The molecule has 0 aliphatic heterocycles. The predicted octanol–water partition coefficient (Wildman–Crippen LogP) is 3.36. The molecule has 0 heterocycles. The Labute approximate surface area is 110 Å². The summed E-state index contributed by atoms with van der Waals surface area (Å²) in [6, 6.07) is 0. The molecule has 3 unspecified atom stereocenters. The predicted molar refractivity (Wildman–Crippen MR) is 71.1 cm³/mol. The van der Waals surface area contributed by atoms with Gasteiger partial charge in [0.25, 0.3) is 0 Å². The summed E-state index contributed by atoms with van der Waals surface area (Å²) in [6.07, 6.45) is 4.14. The summed E-state index contributed by atoms with van der Waals surface area (Å²) in [7, 11) is 0. The lowest BCUT2D eigenvalue weighted by Gasteiger charge is -2.28. The molecule has 0 aromatic carbocycles. The summed E-state index contributed by atoms with van der Waals surface area (Å²) < 4.78 is 5.28. The van der Waals surface area contributed by atoms with Gasteiger partial charge in [-0.15, -0.1) is 0 Å². The van der Waals surface area contributed by atoms with Crippen molar-refractivity contribution in [2.24, 2.45) is 17.8 Å². The van der Waals surface area contributed by atoms with Crippen molar-refractivity contribution in [3.8, 4) is 0 Å². The Kier molecular flexibility index (Phi) is 4.94. The summed E-state index contributed by atoms with van der Waals surface area (Å²) in [5.41, 5.74) is -0.522. The molecule has 0 saturated heterocycles. The molecule has 3 nitrogen and oxygen atoms in total. The van der Waals surface area contributed by atoms with Crippen LogP contribution in [0, 0.1) is 17.8 Å². The first-order valence-electron chi connectivity index (χ1n) is 6.97. The molecule has 0 N–H and O–H groups in total. The number of esters is 1. The monoisotopic (exact) mass is 254 g/mol. The van der Waals surface area contributed by atoms with E-state index in [4.69, 9.17) is 4.74 Å². The van der Waals surface area contributed by atoms with Crippen molar-refractivity contribution in [3.05, 3.63) is 0 Å². The first kappa shape index (κ1) is 15.2. The van der Waals surface area contributed by atoms with Gasteiger partial charge in [0.05, 0.1) is 0 Å². The van der Waals surface area contributed by atoms with Gasteiger partial charge in [-0.05, 0) is 46.5 Å². The molecule has 1 aliphatic rings. The number of carbonyl (C=O) groups excluding carboxylic acids is 2. The van der Waals surface area contributed by atoms with Crippen molar-refractivity contribution in [1.82, 2.24) is 0 Å². The zero-order valence-corrected chi connectivity index (χ0v) is 12.3. The Bertz CT molecular complexity index is 314. The van der Waals surface area contributed by atoms with E-state index in [0.29, 0.717) is 5.92 Å². The smallest absolute Gasteiger partial charge is 0.316 e. The molecule has 0 aromatic rings. The van der Waals surface area contributed by atoms with E-state index < -0.39 is 11.5 Å². The second-order valence-corrected chi connectivity index (χ2v) is 6.63. The molecule has 1 fully saturated rings. The van der Waals surface area contributed by atoms with Crippen molar-refractivity contribution in [1.29, 1.82) is 0 Å². The van der Waals surface area contributed by atoms with Crippen LogP contribution in [-0.4, -0.2) is 17.4 Å². The van der Waals surface area contributed by atoms with Crippen molar-refractivity contribution in [3.63, 3.8) is 0 Å². The molecule has 0 aromatic heterocycles. The van der Waals surface area contributed by atoms with Gasteiger partial charge in [-0.3, -0.25) is 9.59 Å². The molecule has 0 amide bonds. The van der Waals surface area contributed by atoms with E-state index in [1.807, 2.05) is 20.8 Å². The molecule has 0 spiro atoms. The van der Waals surface area contributed by atoms with Crippen LogP contribution in [0.1, 0.15) is 60.3 Å². The highest BCUT2D eigenvalue weighted by Gasteiger charge is 2.33. The molecule has 3 heteroatoms. The minimum Gasteiger partial charge on any atom is -0.459 e. The summed E-state index contributed by atoms with van der Waals surface area (Å²) in [5, 5.41) is 0. The Balaban J connectivity index is 2.57. The number of carbonyl (C=O) groups is 2. The Morgan fingerprint density at radius 1 is 1.22 bits per heavy atom. The van der Waals surface area contributed by atoms with Crippen LogP contribution >= 0.6 is 0 Å². The fourth-order valence-corrected chi connectivity index (χ4v) is 2.55. The summed E-state index contributed by atoms with van der Waals surface area (Å²) in [6.45, 7) is 9.33. The molecule has 1 rings (SSSR count). The third-order valence-corrected chi connectivity index (χ3v) is 3.53. The Hall–Kier alpha value is -0.860. The third kappa shape index (κ3) is 4.43. The average molecular weight is 254 g/mol. The number of hydrogen-bond acceptors (Lipinski definition) is 3. The first-order valence-corrected chi connectivity index (χ1v) is 6.97. The van der Waals surface area contributed by atoms with Gasteiger partial charge in [-0.1, -0.05) is 19.8 Å². The van der Waals surface area contributed by atoms with Crippen LogP contribution in [0.3, 0.4) is 0 Å². The van der Waals surface area contributed by atoms with E-state index in [0.717, 1.165) is 19.3 Å². The molecule has 18 heavy (non-hydrogen) atoms. The summed E-state index contributed by atoms with van der Waals surface area (Å²) in [4.78, 5) is 24.2. The summed E-state index contributed by atoms with van der Waals surface area (Å²) >= 11 is 0. The second-order valence-electron chi connectivity index (χ2n) is 6.63. The van der Waals surface area contributed by atoms with Crippen molar-refractivity contribution in [2.75, 3.05) is 0 Å². The number of ketones is 1. The normalized spacial score (nSPS) is 26.5. The lowest BCUT2D eigenvalue weighted by atomic mass is 9.77. The second kappa shape index (κ2) is 5.85. The van der Waals surface area contributed by atoms with Gasteiger partial charge < -0.3 is 4.74 Å². The molecule has 0 bridgehead atoms. The van der Waals surface area contributed by atoms with E-state index in [1.54, 1.807) is 6.92 Å². The Morgan fingerprint density at radius 2 is 1.83 bits per heavy atom. The molecule has 104 valence electrons. The summed E-state index contributed by atoms with van der Waals surface area (Å²) in [5.74, 6) is -0.296. The largest absolute Gasteiger partial charge is 0.459 e. The molecule has 3 atom stereocenters. The minimum absolute atomic E-state index is 0.0521. The maximum absolute atomic E-state index is 12.3. The van der Waals surface area contributed by atoms with Gasteiger partial charge >= 0.3 is 5.97 Å². The van der Waals surface area contributed by atoms with Crippen LogP contribution in [0.25, 0.3) is 0 Å². The van der Waals surface area contributed by atoms with Gasteiger partial charge in [-0.25, -0.2) is 0 Å². The van der Waals surface area contributed by atoms with Crippen LogP contribution in [0.5, 0.6) is 0 Å². The van der Waals surface area contributed by atoms with Crippen molar-refractivity contribution >= 4 is 11.8 Å². The minimum atomic E-state index is -0.625. The first-order chi connectivity index (χ1) is 8.20. The lowest BCUT2D eigenvalue weighted by molar-refractivity contribution is -0.162. The molecule has 0 radical (unpaired) electrons. The van der Waals surface area contributed by atoms with Crippen molar-refractivity contribution < 1.29 is 14.3 Å². The highest BCUT2D eigenvalue weighted by atomic mass is 16.6. The highest BCUT2D eigenvalue weighted by Crippen LogP contribution is 2.31. The van der Waals surface area contributed by atoms with Gasteiger partial charge in [-0.2, -0.15) is 0 Å². The molecule has 1 aliphatic carbocycles. The SMILES string of the molecule is CC1CCCC(C(=O)C(C)C(=O)OC(C)(C)C)C1. The van der Waals surface area contributed by atoms with Crippen molar-refractivity contribution in [2.45, 2.75) is 65.9 Å². The van der Waals surface area contributed by atoms with Gasteiger partial charge in [0.2, 0.25) is 0 Å². The molecular weight excluding hydrogens is 228 g/mol. The van der Waals surface area contributed by atoms with Crippen LogP contribution in [-0.2, 0) is 14.3 Å². The number of rotatable bonds is 3. The lowest BCUT2D eigenvalue weighted by Crippen LogP contribution is -2.35. The third-order valence-electron chi connectivity index (χ3n) is 3.53.